The van der Waals surface area contributed by atoms with E-state index in [1.807, 2.05) is 66.6 Å². The lowest BCUT2D eigenvalue weighted by Crippen LogP contribution is -2.39. The number of hydrogen-bond donors (Lipinski definition) is 0. The van der Waals surface area contributed by atoms with Crippen LogP contribution in [-0.4, -0.2) is 42.3 Å². The molecule has 2 amide bonds. The second-order valence-corrected chi connectivity index (χ2v) is 7.00. The molecule has 4 rings (SSSR count). The molecule has 2 aromatic rings. The van der Waals surface area contributed by atoms with E-state index in [0.717, 1.165) is 16.9 Å². The third kappa shape index (κ3) is 3.08. The molecule has 4 atom stereocenters. The van der Waals surface area contributed by atoms with Gasteiger partial charge in [0.2, 0.25) is 0 Å². The fraction of sp³-hybridized carbons (Fsp3) is 0.318. The van der Waals surface area contributed by atoms with E-state index >= 15 is 0 Å². The molecule has 0 spiro atoms. The van der Waals surface area contributed by atoms with Gasteiger partial charge in [0.25, 0.3) is 0 Å². The summed E-state index contributed by atoms with van der Waals surface area (Å²) >= 11 is 0. The molecule has 2 aliphatic heterocycles. The van der Waals surface area contributed by atoms with Gasteiger partial charge >= 0.3 is 6.03 Å². The van der Waals surface area contributed by atoms with E-state index in [2.05, 4.69) is 19.1 Å². The number of ether oxygens (including phenoxy) is 2. The maximum Gasteiger partial charge on any atom is 0.322 e. The third-order valence-electron chi connectivity index (χ3n) is 5.49. The van der Waals surface area contributed by atoms with Gasteiger partial charge in [-0.25, -0.2) is 4.79 Å². The average molecular weight is 364 g/mol. The largest absolute Gasteiger partial charge is 0.497 e. The molecule has 1 unspecified atom stereocenters. The lowest BCUT2D eigenvalue weighted by Gasteiger charge is -2.30. The Morgan fingerprint density at radius 2 is 1.67 bits per heavy atom. The maximum absolute atomic E-state index is 12.9. The van der Waals surface area contributed by atoms with Gasteiger partial charge in [-0.1, -0.05) is 48.5 Å². The molecule has 2 heterocycles. The number of carbonyl (C=O) groups excluding carboxylic acids is 1. The standard InChI is InChI=1S/C22H24N2O3/c1-15-21(17-7-5-4-6-8-17)24(22(25)23(15)2)20-14-13-19(27-20)16-9-11-18(26-3)12-10-16/h4-15,19-21H,1-3H3/t15-,19+,20?,21-/m0/s1. The number of urea groups is 1. The molecule has 0 bridgehead atoms. The zero-order chi connectivity index (χ0) is 19.0. The zero-order valence-corrected chi connectivity index (χ0v) is 15.8. The van der Waals surface area contributed by atoms with Crippen molar-refractivity contribution in [3.05, 3.63) is 77.9 Å². The van der Waals surface area contributed by atoms with Gasteiger partial charge in [-0.2, -0.15) is 0 Å². The number of nitrogens with zero attached hydrogens (tertiary/aromatic N) is 2. The topological polar surface area (TPSA) is 42.0 Å². The van der Waals surface area contributed by atoms with Gasteiger partial charge in [-0.15, -0.1) is 0 Å². The van der Waals surface area contributed by atoms with Gasteiger partial charge in [0, 0.05) is 7.05 Å². The summed E-state index contributed by atoms with van der Waals surface area (Å²) in [7, 11) is 3.50. The summed E-state index contributed by atoms with van der Waals surface area (Å²) in [5, 5.41) is 0. The number of likely N-dealkylation sites (N-methyl/N-ethyl adjacent to an activating group) is 1. The maximum atomic E-state index is 12.9. The highest BCUT2D eigenvalue weighted by Crippen LogP contribution is 2.40. The second kappa shape index (κ2) is 7.08. The second-order valence-electron chi connectivity index (χ2n) is 7.00. The van der Waals surface area contributed by atoms with E-state index < -0.39 is 0 Å². The van der Waals surface area contributed by atoms with Crippen LogP contribution in [0.3, 0.4) is 0 Å². The van der Waals surface area contributed by atoms with Crippen molar-refractivity contribution in [3.8, 4) is 5.75 Å². The SMILES string of the molecule is COc1ccc([C@H]2C=CC(N3C(=O)N(C)[C@@H](C)[C@H]3c3ccccc3)O2)cc1. The minimum Gasteiger partial charge on any atom is -0.497 e. The minimum atomic E-state index is -0.387. The molecule has 0 saturated carbocycles. The Kier molecular flexibility index (Phi) is 4.62. The van der Waals surface area contributed by atoms with E-state index in [9.17, 15) is 4.79 Å². The lowest BCUT2D eigenvalue weighted by molar-refractivity contribution is -0.0291. The van der Waals surface area contributed by atoms with Crippen LogP contribution in [0.5, 0.6) is 5.75 Å². The molecule has 5 heteroatoms. The fourth-order valence-corrected chi connectivity index (χ4v) is 3.85. The summed E-state index contributed by atoms with van der Waals surface area (Å²) in [6, 6.07) is 18.0. The number of carbonyl (C=O) groups is 1. The van der Waals surface area contributed by atoms with Gasteiger partial charge in [0.15, 0.2) is 6.23 Å². The Morgan fingerprint density at radius 3 is 2.33 bits per heavy atom. The normalized spacial score (nSPS) is 27.4. The van der Waals surface area contributed by atoms with Crippen LogP contribution >= 0.6 is 0 Å². The quantitative estimate of drug-likeness (QED) is 0.766. The summed E-state index contributed by atoms with van der Waals surface area (Å²) in [5.41, 5.74) is 2.16. The first-order valence-electron chi connectivity index (χ1n) is 9.18. The molecule has 0 aromatic heterocycles. The summed E-state index contributed by atoms with van der Waals surface area (Å²) in [6.45, 7) is 2.08. The Balaban J connectivity index is 1.58. The number of benzene rings is 2. The summed E-state index contributed by atoms with van der Waals surface area (Å²) in [5.74, 6) is 0.812. The van der Waals surface area contributed by atoms with Crippen molar-refractivity contribution in [3.63, 3.8) is 0 Å². The smallest absolute Gasteiger partial charge is 0.322 e. The van der Waals surface area contributed by atoms with Crippen LogP contribution in [-0.2, 0) is 4.74 Å². The van der Waals surface area contributed by atoms with Crippen LogP contribution < -0.4 is 4.74 Å². The third-order valence-corrected chi connectivity index (χ3v) is 5.49. The monoisotopic (exact) mass is 364 g/mol. The average Bonchev–Trinajstić information content (AvgIpc) is 3.28. The van der Waals surface area contributed by atoms with Crippen molar-refractivity contribution in [2.45, 2.75) is 31.3 Å². The molecule has 2 aliphatic rings. The van der Waals surface area contributed by atoms with Crippen molar-refractivity contribution < 1.29 is 14.3 Å². The van der Waals surface area contributed by atoms with Gasteiger partial charge in [-0.3, -0.25) is 4.90 Å². The summed E-state index contributed by atoms with van der Waals surface area (Å²) in [6.07, 6.45) is 3.44. The molecule has 1 saturated heterocycles. The molecule has 0 N–H and O–H groups in total. The van der Waals surface area contributed by atoms with Crippen LogP contribution in [0.4, 0.5) is 4.79 Å². The number of methoxy groups -OCH3 is 1. The van der Waals surface area contributed by atoms with Crippen molar-refractivity contribution in [2.24, 2.45) is 0 Å². The van der Waals surface area contributed by atoms with E-state index in [0.29, 0.717) is 0 Å². The molecule has 1 fully saturated rings. The van der Waals surface area contributed by atoms with Gasteiger partial charge in [0.05, 0.1) is 19.2 Å². The van der Waals surface area contributed by atoms with Crippen molar-refractivity contribution in [2.75, 3.05) is 14.2 Å². The molecule has 2 aromatic carbocycles. The molecular formula is C22H24N2O3. The van der Waals surface area contributed by atoms with Crippen LogP contribution in [0.2, 0.25) is 0 Å². The van der Waals surface area contributed by atoms with E-state index in [1.54, 1.807) is 12.0 Å². The van der Waals surface area contributed by atoms with Crippen molar-refractivity contribution >= 4 is 6.03 Å². The summed E-state index contributed by atoms with van der Waals surface area (Å²) in [4.78, 5) is 16.6. The highest BCUT2D eigenvalue weighted by Gasteiger charge is 2.46. The molecule has 0 radical (unpaired) electrons. The minimum absolute atomic E-state index is 0.0126. The number of amides is 2. The Labute approximate surface area is 159 Å². The highest BCUT2D eigenvalue weighted by atomic mass is 16.5. The molecule has 140 valence electrons. The zero-order valence-electron chi connectivity index (χ0n) is 15.8. The molecule has 0 aliphatic carbocycles. The van der Waals surface area contributed by atoms with Crippen molar-refractivity contribution in [1.82, 2.24) is 9.80 Å². The van der Waals surface area contributed by atoms with E-state index in [4.69, 9.17) is 9.47 Å². The Morgan fingerprint density at radius 1 is 0.963 bits per heavy atom. The predicted octanol–water partition coefficient (Wildman–Crippen LogP) is 4.15. The van der Waals surface area contributed by atoms with Crippen LogP contribution in [0.25, 0.3) is 0 Å². The first-order valence-corrected chi connectivity index (χ1v) is 9.18. The molecule has 27 heavy (non-hydrogen) atoms. The van der Waals surface area contributed by atoms with Crippen LogP contribution in [0.15, 0.2) is 66.7 Å². The Bertz CT molecular complexity index is 834. The number of rotatable bonds is 4. The van der Waals surface area contributed by atoms with Gasteiger partial charge in [0.1, 0.15) is 11.9 Å². The highest BCUT2D eigenvalue weighted by molar-refractivity contribution is 5.78. The first kappa shape index (κ1) is 17.6. The molecule has 5 nitrogen and oxygen atoms in total. The molecular weight excluding hydrogens is 340 g/mol. The lowest BCUT2D eigenvalue weighted by atomic mass is 10.0. The summed E-state index contributed by atoms with van der Waals surface area (Å²) < 4.78 is 11.5. The van der Waals surface area contributed by atoms with Crippen LogP contribution in [0, 0.1) is 0 Å². The van der Waals surface area contributed by atoms with Crippen molar-refractivity contribution in [1.29, 1.82) is 0 Å². The fourth-order valence-electron chi connectivity index (χ4n) is 3.85. The first-order chi connectivity index (χ1) is 13.1. The predicted molar refractivity (Wildman–Crippen MR) is 103 cm³/mol. The van der Waals surface area contributed by atoms with E-state index in [1.165, 1.54) is 0 Å². The Hall–Kier alpha value is -2.79. The van der Waals surface area contributed by atoms with Gasteiger partial charge in [-0.05, 0) is 36.3 Å². The van der Waals surface area contributed by atoms with Gasteiger partial charge < -0.3 is 14.4 Å². The van der Waals surface area contributed by atoms with E-state index in [-0.39, 0.29) is 30.4 Å². The van der Waals surface area contributed by atoms with Crippen LogP contribution in [0.1, 0.15) is 30.2 Å². The number of hydrogen-bond acceptors (Lipinski definition) is 3.